The maximum absolute atomic E-state index is 12.8. The van der Waals surface area contributed by atoms with Crippen molar-refractivity contribution in [2.24, 2.45) is 5.92 Å². The van der Waals surface area contributed by atoms with Gasteiger partial charge in [0.25, 0.3) is 0 Å². The predicted octanol–water partition coefficient (Wildman–Crippen LogP) is -1.91. The summed E-state index contributed by atoms with van der Waals surface area (Å²) in [5.74, 6) is -2.52. The van der Waals surface area contributed by atoms with Gasteiger partial charge in [0.05, 0.1) is 26.1 Å². The van der Waals surface area contributed by atoms with Gasteiger partial charge in [-0.2, -0.15) is 0 Å². The van der Waals surface area contributed by atoms with Gasteiger partial charge in [0, 0.05) is 31.7 Å². The van der Waals surface area contributed by atoms with E-state index >= 15 is 0 Å². The van der Waals surface area contributed by atoms with Gasteiger partial charge in [-0.05, 0) is 32.0 Å². The number of methoxy groups -OCH3 is 1. The third kappa shape index (κ3) is 7.31. The largest absolute Gasteiger partial charge is 0.539 e. The average molecular weight is 421 g/mol. The lowest BCUT2D eigenvalue weighted by Gasteiger charge is -2.36. The van der Waals surface area contributed by atoms with Crippen molar-refractivity contribution in [3.63, 3.8) is 0 Å². The minimum atomic E-state index is -2.07. The van der Waals surface area contributed by atoms with Gasteiger partial charge >= 0.3 is 5.97 Å². The molecular weight excluding hydrogens is 390 g/mol. The highest BCUT2D eigenvalue weighted by molar-refractivity contribution is 6.26. The first-order valence-electron chi connectivity index (χ1n) is 10.2. The van der Waals surface area contributed by atoms with Gasteiger partial charge in [0.1, 0.15) is 12.3 Å². The molecule has 1 amide bonds. The summed E-state index contributed by atoms with van der Waals surface area (Å²) in [6, 6.07) is 8.29. The summed E-state index contributed by atoms with van der Waals surface area (Å²) in [6.45, 7) is 6.86. The Morgan fingerprint density at radius 1 is 1.23 bits per heavy atom. The number of carbonyl (C=O) groups excluding carboxylic acids is 2. The van der Waals surface area contributed by atoms with Gasteiger partial charge in [0.2, 0.25) is 5.91 Å². The summed E-state index contributed by atoms with van der Waals surface area (Å²) in [7, 11) is 3.83. The maximum atomic E-state index is 12.8. The minimum Gasteiger partial charge on any atom is -0.539 e. The Morgan fingerprint density at radius 2 is 1.90 bits per heavy atom. The number of nitrogens with zero attached hydrogens (tertiary/aromatic N) is 2. The van der Waals surface area contributed by atoms with E-state index in [-0.39, 0.29) is 5.92 Å². The molecule has 3 rings (SSSR count). The number of likely N-dealkylation sites (N-methyl/N-ethyl adjacent to an activating group) is 1. The van der Waals surface area contributed by atoms with Gasteiger partial charge in [-0.1, -0.05) is 12.1 Å². The summed E-state index contributed by atoms with van der Waals surface area (Å²) >= 11 is 0. The van der Waals surface area contributed by atoms with Crippen LogP contribution in [-0.4, -0.2) is 86.2 Å². The molecule has 0 aliphatic carbocycles. The van der Waals surface area contributed by atoms with Gasteiger partial charge in [-0.15, -0.1) is 0 Å². The molecule has 9 nitrogen and oxygen atoms in total. The second-order valence-corrected chi connectivity index (χ2v) is 7.79. The van der Waals surface area contributed by atoms with Crippen molar-refractivity contribution in [3.8, 4) is 5.75 Å². The van der Waals surface area contributed by atoms with Crippen LogP contribution in [0.25, 0.3) is 0 Å². The van der Waals surface area contributed by atoms with Crippen LogP contribution in [0.3, 0.4) is 0 Å². The molecule has 2 unspecified atom stereocenters. The van der Waals surface area contributed by atoms with Crippen molar-refractivity contribution in [3.05, 3.63) is 29.8 Å². The molecule has 0 saturated carbocycles. The molecule has 0 radical (unpaired) electrons. The Hall–Kier alpha value is -2.65. The summed E-state index contributed by atoms with van der Waals surface area (Å²) in [4.78, 5) is 36.8. The van der Waals surface area contributed by atoms with Gasteiger partial charge < -0.3 is 34.4 Å². The van der Waals surface area contributed by atoms with Crippen LogP contribution in [0.1, 0.15) is 18.4 Å². The van der Waals surface area contributed by atoms with E-state index in [4.69, 9.17) is 24.5 Å². The highest BCUT2D eigenvalue weighted by Crippen LogP contribution is 2.15. The molecule has 2 fully saturated rings. The number of carboxylic acid groups (broad SMARTS) is 2. The highest BCUT2D eigenvalue weighted by Gasteiger charge is 2.32. The zero-order valence-corrected chi connectivity index (χ0v) is 17.6. The quantitative estimate of drug-likeness (QED) is 0.545. The maximum Gasteiger partial charge on any atom is 0.351 e. The molecule has 166 valence electrons. The minimum absolute atomic E-state index is 0.197. The van der Waals surface area contributed by atoms with Crippen molar-refractivity contribution >= 4 is 17.8 Å². The van der Waals surface area contributed by atoms with Crippen LogP contribution >= 0.6 is 0 Å². The average Bonchev–Trinajstić information content (AvgIpc) is 2.74. The Balaban J connectivity index is 0.000000469. The predicted molar refractivity (Wildman–Crippen MR) is 107 cm³/mol. The fourth-order valence-corrected chi connectivity index (χ4v) is 3.88. The molecule has 0 spiro atoms. The van der Waals surface area contributed by atoms with Crippen LogP contribution in [0, 0.1) is 5.92 Å². The third-order valence-electron chi connectivity index (χ3n) is 5.55. The second kappa shape index (κ2) is 11.5. The number of rotatable bonds is 4. The molecule has 2 heterocycles. The Kier molecular flexibility index (Phi) is 9.07. The molecule has 1 aromatic carbocycles. The topological polar surface area (TPSA) is 115 Å². The van der Waals surface area contributed by atoms with Crippen LogP contribution in [0.5, 0.6) is 5.75 Å². The molecule has 0 bridgehead atoms. The monoisotopic (exact) mass is 421 g/mol. The summed E-state index contributed by atoms with van der Waals surface area (Å²) in [5, 5.41) is 16.3. The number of hydrogen-bond acceptors (Lipinski definition) is 6. The fraction of sp³-hybridized carbons (Fsp3) is 0.571. The van der Waals surface area contributed by atoms with Crippen LogP contribution in [0.15, 0.2) is 24.3 Å². The molecular formula is C21H31N3O6. The van der Waals surface area contributed by atoms with E-state index in [0.29, 0.717) is 5.91 Å². The number of hydrogen-bond donors (Lipinski definition) is 2. The number of ether oxygens (including phenoxy) is 1. The molecule has 2 N–H and O–H groups in total. The number of benzene rings is 1. The fourth-order valence-electron chi connectivity index (χ4n) is 3.88. The standard InChI is InChI=1S/C19H29N3O2.C2H2O4/c1-20-9-11-22(12-10-20)19(23)17-6-4-8-21(15-17)14-16-5-3-7-18(13-16)24-2;3-1(4)2(5)6/h3,5,7,13,17H,4,6,8-12,14-15H2,1-2H3;(H,3,4)(H,5,6). The zero-order valence-electron chi connectivity index (χ0n) is 17.6. The van der Waals surface area contributed by atoms with Crippen molar-refractivity contribution < 1.29 is 34.2 Å². The lowest BCUT2D eigenvalue weighted by atomic mass is 9.95. The Morgan fingerprint density at radius 3 is 2.50 bits per heavy atom. The van der Waals surface area contributed by atoms with Crippen molar-refractivity contribution in [1.29, 1.82) is 0 Å². The number of likely N-dealkylation sites (tertiary alicyclic amines) is 1. The molecule has 0 aromatic heterocycles. The van der Waals surface area contributed by atoms with E-state index in [1.54, 1.807) is 7.11 Å². The van der Waals surface area contributed by atoms with Crippen LogP contribution in [-0.2, 0) is 20.9 Å². The first-order valence-corrected chi connectivity index (χ1v) is 10.2. The third-order valence-corrected chi connectivity index (χ3v) is 5.55. The SMILES string of the molecule is COc1cccc(C[NH+]2CCCC(C(=O)N3CCN(C)CC3)C2)c1.O=C([O-])C(=O)O. The molecule has 2 aliphatic heterocycles. The van der Waals surface area contributed by atoms with Gasteiger partial charge in [-0.3, -0.25) is 4.79 Å². The molecule has 30 heavy (non-hydrogen) atoms. The van der Waals surface area contributed by atoms with Crippen LogP contribution in [0.2, 0.25) is 0 Å². The van der Waals surface area contributed by atoms with E-state index in [2.05, 4.69) is 29.0 Å². The number of carbonyl (C=O) groups is 3. The van der Waals surface area contributed by atoms with Crippen LogP contribution in [0.4, 0.5) is 0 Å². The van der Waals surface area contributed by atoms with Gasteiger partial charge in [-0.25, -0.2) is 4.79 Å². The van der Waals surface area contributed by atoms with E-state index in [0.717, 1.165) is 64.4 Å². The van der Waals surface area contributed by atoms with E-state index < -0.39 is 11.9 Å². The van der Waals surface area contributed by atoms with Crippen molar-refractivity contribution in [2.45, 2.75) is 19.4 Å². The molecule has 9 heteroatoms. The summed E-state index contributed by atoms with van der Waals surface area (Å²) in [5.41, 5.74) is 1.29. The van der Waals surface area contributed by atoms with E-state index in [1.807, 2.05) is 12.1 Å². The van der Waals surface area contributed by atoms with E-state index in [1.165, 1.54) is 10.5 Å². The van der Waals surface area contributed by atoms with Crippen LogP contribution < -0.4 is 14.7 Å². The normalized spacial score (nSPS) is 21.9. The lowest BCUT2D eigenvalue weighted by Crippen LogP contribution is -3.12. The van der Waals surface area contributed by atoms with E-state index in [9.17, 15) is 4.79 Å². The summed E-state index contributed by atoms with van der Waals surface area (Å²) in [6.07, 6.45) is 2.19. The number of amides is 1. The Labute approximate surface area is 176 Å². The molecule has 2 saturated heterocycles. The number of carboxylic acids is 2. The number of quaternary nitrogens is 1. The van der Waals surface area contributed by atoms with Crippen molar-refractivity contribution in [2.75, 3.05) is 53.4 Å². The van der Waals surface area contributed by atoms with Gasteiger partial charge in [0.15, 0.2) is 5.97 Å². The smallest absolute Gasteiger partial charge is 0.351 e. The molecule has 2 atom stereocenters. The highest BCUT2D eigenvalue weighted by atomic mass is 16.5. The molecule has 1 aromatic rings. The Bertz CT molecular complexity index is 721. The number of aliphatic carboxylic acids is 2. The first kappa shape index (κ1) is 23.6. The zero-order chi connectivity index (χ0) is 22.1. The lowest BCUT2D eigenvalue weighted by molar-refractivity contribution is -0.921. The first-order chi connectivity index (χ1) is 14.3. The second-order valence-electron chi connectivity index (χ2n) is 7.79. The number of nitrogens with one attached hydrogen (secondary N) is 1. The number of piperidine rings is 1. The van der Waals surface area contributed by atoms with Crippen molar-refractivity contribution in [1.82, 2.24) is 9.80 Å². The number of piperazine rings is 1. The molecule has 2 aliphatic rings. The summed E-state index contributed by atoms with van der Waals surface area (Å²) < 4.78 is 5.32.